The second kappa shape index (κ2) is 5.69. The van der Waals surface area contributed by atoms with Crippen molar-refractivity contribution >= 4 is 11.6 Å². The molecule has 128 valence electrons. The molecule has 2 aliphatic rings. The summed E-state index contributed by atoms with van der Waals surface area (Å²) in [5.41, 5.74) is 4.12. The van der Waals surface area contributed by atoms with Crippen molar-refractivity contribution in [3.63, 3.8) is 0 Å². The maximum Gasteiger partial charge on any atom is 0.277 e. The molecule has 0 spiro atoms. The Morgan fingerprint density at radius 2 is 2.00 bits per heavy atom. The first kappa shape index (κ1) is 15.8. The van der Waals surface area contributed by atoms with Crippen LogP contribution in [0.15, 0.2) is 42.5 Å². The standard InChI is InChI=1S/C20H20N2O3/c1-20-11-10-19(23)21-18(20)9-7-14-12-13(6-8-16(14)20)15-4-2-3-5-17(15)22(24)25/h2-6,8,12,18H,7,9-11H2,1H3,(H,21,23)/t18-,20-/m1/s1. The van der Waals surface area contributed by atoms with Crippen LogP contribution in [-0.2, 0) is 16.6 Å². The van der Waals surface area contributed by atoms with Crippen molar-refractivity contribution < 1.29 is 9.72 Å². The van der Waals surface area contributed by atoms with Gasteiger partial charge in [-0.05, 0) is 42.0 Å². The molecule has 2 aromatic rings. The fourth-order valence-corrected chi connectivity index (χ4v) is 4.39. The van der Waals surface area contributed by atoms with Crippen LogP contribution in [0.25, 0.3) is 11.1 Å². The Morgan fingerprint density at radius 3 is 2.80 bits per heavy atom. The van der Waals surface area contributed by atoms with Gasteiger partial charge in [-0.15, -0.1) is 0 Å². The van der Waals surface area contributed by atoms with Crippen LogP contribution in [0.4, 0.5) is 5.69 Å². The van der Waals surface area contributed by atoms with Gasteiger partial charge in [0.15, 0.2) is 0 Å². The van der Waals surface area contributed by atoms with Crippen molar-refractivity contribution in [2.75, 3.05) is 0 Å². The van der Waals surface area contributed by atoms with Crippen LogP contribution >= 0.6 is 0 Å². The van der Waals surface area contributed by atoms with Gasteiger partial charge in [0, 0.05) is 23.9 Å². The zero-order chi connectivity index (χ0) is 17.6. The average molecular weight is 336 g/mol. The third-order valence-electron chi connectivity index (χ3n) is 5.81. The Hall–Kier alpha value is -2.69. The van der Waals surface area contributed by atoms with Crippen LogP contribution in [0.2, 0.25) is 0 Å². The van der Waals surface area contributed by atoms with Gasteiger partial charge in [-0.3, -0.25) is 14.9 Å². The highest BCUT2D eigenvalue weighted by Crippen LogP contribution is 2.44. The highest BCUT2D eigenvalue weighted by molar-refractivity contribution is 5.78. The van der Waals surface area contributed by atoms with E-state index in [1.807, 2.05) is 12.1 Å². The first-order valence-corrected chi connectivity index (χ1v) is 8.65. The van der Waals surface area contributed by atoms with Crippen molar-refractivity contribution in [3.05, 3.63) is 63.7 Å². The van der Waals surface area contributed by atoms with E-state index in [9.17, 15) is 14.9 Å². The molecular weight excluding hydrogens is 316 g/mol. The van der Waals surface area contributed by atoms with Gasteiger partial charge >= 0.3 is 0 Å². The topological polar surface area (TPSA) is 72.2 Å². The van der Waals surface area contributed by atoms with Crippen LogP contribution in [0.1, 0.15) is 37.3 Å². The van der Waals surface area contributed by atoms with Gasteiger partial charge in [0.1, 0.15) is 0 Å². The first-order valence-electron chi connectivity index (χ1n) is 8.65. The van der Waals surface area contributed by atoms with Crippen LogP contribution in [-0.4, -0.2) is 16.9 Å². The molecule has 5 heteroatoms. The summed E-state index contributed by atoms with van der Waals surface area (Å²) < 4.78 is 0. The molecule has 1 saturated heterocycles. The molecule has 0 saturated carbocycles. The minimum atomic E-state index is -0.331. The molecule has 4 rings (SSSR count). The SMILES string of the molecule is C[C@]12CCC(=O)N[C@@H]1CCc1cc(-c3ccccc3[N+](=O)[O-])ccc12. The van der Waals surface area contributed by atoms with Gasteiger partial charge in [0.05, 0.1) is 10.5 Å². The molecule has 2 atom stereocenters. The molecule has 0 unspecified atom stereocenters. The second-order valence-corrected chi connectivity index (χ2v) is 7.22. The Labute approximate surface area is 146 Å². The quantitative estimate of drug-likeness (QED) is 0.670. The molecule has 2 aromatic carbocycles. The highest BCUT2D eigenvalue weighted by Gasteiger charge is 2.44. The summed E-state index contributed by atoms with van der Waals surface area (Å²) in [5, 5.41) is 14.5. The molecule has 1 aliphatic carbocycles. The molecule has 1 fully saturated rings. The number of hydrogen-bond acceptors (Lipinski definition) is 3. The zero-order valence-corrected chi connectivity index (χ0v) is 14.1. The monoisotopic (exact) mass is 336 g/mol. The normalized spacial score (nSPS) is 24.8. The van der Waals surface area contributed by atoms with E-state index in [0.717, 1.165) is 24.8 Å². The van der Waals surface area contributed by atoms with Gasteiger partial charge in [-0.1, -0.05) is 37.3 Å². The van der Waals surface area contributed by atoms with Crippen LogP contribution in [0, 0.1) is 10.1 Å². The molecule has 1 heterocycles. The zero-order valence-electron chi connectivity index (χ0n) is 14.1. The molecule has 25 heavy (non-hydrogen) atoms. The van der Waals surface area contributed by atoms with E-state index in [1.54, 1.807) is 18.2 Å². The fraction of sp³-hybridized carbons (Fsp3) is 0.350. The second-order valence-electron chi connectivity index (χ2n) is 7.22. The molecule has 5 nitrogen and oxygen atoms in total. The van der Waals surface area contributed by atoms with Crippen molar-refractivity contribution in [2.45, 2.75) is 44.1 Å². The molecular formula is C20H20N2O3. The van der Waals surface area contributed by atoms with Gasteiger partial charge in [0.25, 0.3) is 5.69 Å². The smallest absolute Gasteiger partial charge is 0.277 e. The lowest BCUT2D eigenvalue weighted by Crippen LogP contribution is -2.55. The number of nitrogens with zero attached hydrogens (tertiary/aromatic N) is 1. The number of carbonyl (C=O) groups is 1. The number of nitro groups is 1. The summed E-state index contributed by atoms with van der Waals surface area (Å²) in [4.78, 5) is 22.7. The lowest BCUT2D eigenvalue weighted by molar-refractivity contribution is -0.384. The van der Waals surface area contributed by atoms with Crippen LogP contribution < -0.4 is 5.32 Å². The summed E-state index contributed by atoms with van der Waals surface area (Å²) in [6.07, 6.45) is 3.19. The number of hydrogen-bond donors (Lipinski definition) is 1. The van der Waals surface area contributed by atoms with Gasteiger partial charge < -0.3 is 5.32 Å². The predicted molar refractivity (Wildman–Crippen MR) is 95.4 cm³/mol. The van der Waals surface area contributed by atoms with Gasteiger partial charge in [0.2, 0.25) is 5.91 Å². The largest absolute Gasteiger partial charge is 0.352 e. The predicted octanol–water partition coefficient (Wildman–Crippen LogP) is 3.74. The molecule has 1 N–H and O–H groups in total. The third-order valence-corrected chi connectivity index (χ3v) is 5.81. The average Bonchev–Trinajstić information content (AvgIpc) is 2.62. The molecule has 0 bridgehead atoms. The number of benzene rings is 2. The summed E-state index contributed by atoms with van der Waals surface area (Å²) in [5.74, 6) is 0.141. The Balaban J connectivity index is 1.78. The number of para-hydroxylation sites is 1. The Bertz CT molecular complexity index is 877. The van der Waals surface area contributed by atoms with E-state index < -0.39 is 0 Å². The van der Waals surface area contributed by atoms with Crippen LogP contribution in [0.5, 0.6) is 0 Å². The van der Waals surface area contributed by atoms with Crippen molar-refractivity contribution in [2.24, 2.45) is 0 Å². The van der Waals surface area contributed by atoms with E-state index >= 15 is 0 Å². The molecule has 1 amide bonds. The number of rotatable bonds is 2. The maximum absolute atomic E-state index is 11.7. The van der Waals surface area contributed by atoms with E-state index in [2.05, 4.69) is 24.4 Å². The van der Waals surface area contributed by atoms with Crippen molar-refractivity contribution in [3.8, 4) is 11.1 Å². The number of amides is 1. The fourth-order valence-electron chi connectivity index (χ4n) is 4.39. The summed E-state index contributed by atoms with van der Waals surface area (Å²) in [7, 11) is 0. The summed E-state index contributed by atoms with van der Waals surface area (Å²) in [6.45, 7) is 2.22. The number of nitro benzene ring substituents is 1. The minimum absolute atomic E-state index is 0.0529. The number of nitrogens with one attached hydrogen (secondary N) is 1. The van der Waals surface area contributed by atoms with Crippen molar-refractivity contribution in [1.29, 1.82) is 0 Å². The van der Waals surface area contributed by atoms with E-state index in [-0.39, 0.29) is 28.0 Å². The van der Waals surface area contributed by atoms with Crippen molar-refractivity contribution in [1.82, 2.24) is 5.32 Å². The minimum Gasteiger partial charge on any atom is -0.352 e. The third kappa shape index (κ3) is 2.51. The number of fused-ring (bicyclic) bond motifs is 3. The van der Waals surface area contributed by atoms with Crippen LogP contribution in [0.3, 0.4) is 0 Å². The number of piperidine rings is 1. The summed E-state index contributed by atoms with van der Waals surface area (Å²) in [6, 6.07) is 13.2. The van der Waals surface area contributed by atoms with E-state index in [4.69, 9.17) is 0 Å². The van der Waals surface area contributed by atoms with Gasteiger partial charge in [-0.2, -0.15) is 0 Å². The Kier molecular flexibility index (Phi) is 3.60. The number of carbonyl (C=O) groups excluding carboxylic acids is 1. The number of aryl methyl sites for hydroxylation is 1. The summed E-state index contributed by atoms with van der Waals surface area (Å²) >= 11 is 0. The highest BCUT2D eigenvalue weighted by atomic mass is 16.6. The molecule has 1 aliphatic heterocycles. The lowest BCUT2D eigenvalue weighted by atomic mass is 9.64. The maximum atomic E-state index is 11.7. The lowest BCUT2D eigenvalue weighted by Gasteiger charge is -2.46. The molecule has 0 aromatic heterocycles. The Morgan fingerprint density at radius 1 is 1.20 bits per heavy atom. The van der Waals surface area contributed by atoms with Gasteiger partial charge in [-0.25, -0.2) is 0 Å². The molecule has 0 radical (unpaired) electrons. The van der Waals surface area contributed by atoms with E-state index in [1.165, 1.54) is 11.1 Å². The first-order chi connectivity index (χ1) is 12.0. The van der Waals surface area contributed by atoms with E-state index in [0.29, 0.717) is 12.0 Å².